The fraction of sp³-hybridized carbons (Fsp3) is 0.472. The predicted octanol–water partition coefficient (Wildman–Crippen LogP) is 4.23. The molecule has 3 heterocycles. The van der Waals surface area contributed by atoms with Crippen LogP contribution in [0.5, 0.6) is 11.5 Å². The van der Waals surface area contributed by atoms with Gasteiger partial charge in [0.05, 0.1) is 31.2 Å². The molecule has 2 aromatic rings. The molecule has 3 amide bonds. The van der Waals surface area contributed by atoms with Crippen molar-refractivity contribution < 1.29 is 33.7 Å². The minimum absolute atomic E-state index is 0.127. The number of carbonyl (C=O) groups excluding carboxylic acids is 3. The van der Waals surface area contributed by atoms with Crippen LogP contribution in [-0.4, -0.2) is 84.9 Å². The summed E-state index contributed by atoms with van der Waals surface area (Å²) in [6.45, 7) is 14.5. The highest BCUT2D eigenvalue weighted by atomic mass is 16.5. The van der Waals surface area contributed by atoms with Crippen LogP contribution >= 0.6 is 0 Å². The van der Waals surface area contributed by atoms with E-state index in [1.54, 1.807) is 53.3 Å². The summed E-state index contributed by atoms with van der Waals surface area (Å²) in [6.07, 6.45) is 4.01. The van der Waals surface area contributed by atoms with Crippen molar-refractivity contribution >= 4 is 29.1 Å². The maximum absolute atomic E-state index is 14.8. The van der Waals surface area contributed by atoms with Gasteiger partial charge >= 0.3 is 0 Å². The molecule has 2 aromatic carbocycles. The smallest absolute Gasteiger partial charge is 0.253 e. The number of nitrogens with zero attached hydrogens (tertiary/aromatic N) is 3. The van der Waals surface area contributed by atoms with E-state index in [0.29, 0.717) is 35.9 Å². The van der Waals surface area contributed by atoms with E-state index in [2.05, 4.69) is 13.2 Å². The number of aliphatic hydroxyl groups is 1. The molecule has 0 aliphatic carbocycles. The Labute approximate surface area is 271 Å². The van der Waals surface area contributed by atoms with Crippen molar-refractivity contribution in [3.63, 3.8) is 0 Å². The van der Waals surface area contributed by atoms with Crippen molar-refractivity contribution in [1.82, 2.24) is 4.90 Å². The molecule has 46 heavy (non-hydrogen) atoms. The summed E-state index contributed by atoms with van der Waals surface area (Å²) in [4.78, 5) is 48.8. The Morgan fingerprint density at radius 1 is 1.02 bits per heavy atom. The molecule has 3 fully saturated rings. The second-order valence-corrected chi connectivity index (χ2v) is 12.4. The first-order valence-corrected chi connectivity index (χ1v) is 15.9. The van der Waals surface area contributed by atoms with E-state index < -0.39 is 29.1 Å². The molecule has 6 atom stereocenters. The molecular weight excluding hydrogens is 586 g/mol. The van der Waals surface area contributed by atoms with E-state index in [-0.39, 0.29) is 56.3 Å². The normalized spacial score (nSPS) is 27.7. The van der Waals surface area contributed by atoms with Crippen LogP contribution < -0.4 is 19.3 Å². The van der Waals surface area contributed by atoms with Gasteiger partial charge in [-0.15, -0.1) is 13.2 Å². The van der Waals surface area contributed by atoms with Crippen LogP contribution in [0.25, 0.3) is 0 Å². The quantitative estimate of drug-likeness (QED) is 0.311. The number of ether oxygens (including phenoxy) is 3. The highest BCUT2D eigenvalue weighted by molar-refractivity contribution is 6.07. The number of likely N-dealkylation sites (tertiary alicyclic amines) is 1. The molecule has 3 saturated heterocycles. The lowest BCUT2D eigenvalue weighted by Crippen LogP contribution is -2.57. The van der Waals surface area contributed by atoms with Gasteiger partial charge in [-0.05, 0) is 81.1 Å². The first kappa shape index (κ1) is 33.2. The van der Waals surface area contributed by atoms with Gasteiger partial charge in [-0.2, -0.15) is 0 Å². The van der Waals surface area contributed by atoms with Gasteiger partial charge in [-0.1, -0.05) is 19.1 Å². The lowest BCUT2D eigenvalue weighted by Gasteiger charge is -2.39. The van der Waals surface area contributed by atoms with Crippen LogP contribution in [-0.2, 0) is 19.1 Å². The number of aliphatic hydroxyl groups excluding tert-OH is 1. The maximum Gasteiger partial charge on any atom is 0.253 e. The number of anilines is 2. The number of rotatable bonds is 14. The Hall–Kier alpha value is -4.15. The molecule has 3 unspecified atom stereocenters. The van der Waals surface area contributed by atoms with E-state index >= 15 is 0 Å². The van der Waals surface area contributed by atoms with Crippen molar-refractivity contribution in [1.29, 1.82) is 0 Å². The second-order valence-electron chi connectivity index (χ2n) is 12.4. The van der Waals surface area contributed by atoms with Crippen molar-refractivity contribution in [2.45, 2.75) is 50.9 Å². The zero-order valence-electron chi connectivity index (χ0n) is 27.2. The summed E-state index contributed by atoms with van der Waals surface area (Å²) in [5.41, 5.74) is -0.962. The van der Waals surface area contributed by atoms with Gasteiger partial charge in [0, 0.05) is 37.6 Å². The summed E-state index contributed by atoms with van der Waals surface area (Å²) >= 11 is 0. The van der Waals surface area contributed by atoms with Crippen molar-refractivity contribution in [2.75, 3.05) is 49.8 Å². The monoisotopic (exact) mass is 631 g/mol. The van der Waals surface area contributed by atoms with Gasteiger partial charge in [-0.25, -0.2) is 0 Å². The SMILES string of the molecule is C=CCN(C(=O)C1N(CCCO)C(=O)[C@@H]2[C@H](C(=O)N(CC=C)c3ccc(OCC)cc3)[C@@]3(C)OC12CC3C)c1ccc(OC)cc1. The third-order valence-corrected chi connectivity index (χ3v) is 9.87. The summed E-state index contributed by atoms with van der Waals surface area (Å²) < 4.78 is 17.8. The third-order valence-electron chi connectivity index (χ3n) is 9.87. The number of methoxy groups -OCH3 is 1. The molecule has 1 spiro atoms. The van der Waals surface area contributed by atoms with Crippen LogP contribution in [0.2, 0.25) is 0 Å². The largest absolute Gasteiger partial charge is 0.497 e. The Balaban J connectivity index is 1.58. The second kappa shape index (κ2) is 13.3. The van der Waals surface area contributed by atoms with Gasteiger partial charge in [0.25, 0.3) is 5.91 Å². The lowest BCUT2D eigenvalue weighted by atomic mass is 9.62. The molecule has 3 aliphatic heterocycles. The highest BCUT2D eigenvalue weighted by Gasteiger charge is 2.80. The molecule has 10 nitrogen and oxygen atoms in total. The van der Waals surface area contributed by atoms with Crippen LogP contribution in [0, 0.1) is 17.8 Å². The molecule has 0 radical (unpaired) electrons. The number of benzene rings is 2. The minimum atomic E-state index is -1.23. The fourth-order valence-corrected chi connectivity index (χ4v) is 7.75. The molecule has 2 bridgehead atoms. The standard InChI is InChI=1S/C36H45N3O7/c1-7-19-37(25-13-17-28(18-14-25)45-9-3)32(41)29-30-33(42)39(21-10-22-40)31(36(30)23-24(4)35(29,5)46-36)34(43)38(20-8-2)26-11-15-27(44-6)16-12-26/h7-8,11-18,24,29-31,40H,1-2,9-10,19-23H2,3-6H3/t24?,29-,30+,31?,35+,36?/m1/s1. The van der Waals surface area contributed by atoms with Crippen molar-refractivity contribution in [3.05, 3.63) is 73.8 Å². The van der Waals surface area contributed by atoms with Crippen LogP contribution in [0.15, 0.2) is 73.8 Å². The Kier molecular flexibility index (Phi) is 9.60. The first-order valence-electron chi connectivity index (χ1n) is 15.9. The van der Waals surface area contributed by atoms with E-state index in [0.717, 1.165) is 0 Å². The topological polar surface area (TPSA) is 109 Å². The Bertz CT molecular complexity index is 1460. The maximum atomic E-state index is 14.8. The van der Waals surface area contributed by atoms with E-state index in [9.17, 15) is 19.5 Å². The average Bonchev–Trinajstić information content (AvgIpc) is 3.57. The molecule has 3 aliphatic rings. The fourth-order valence-electron chi connectivity index (χ4n) is 7.75. The summed E-state index contributed by atoms with van der Waals surface area (Å²) in [5, 5.41) is 9.76. The van der Waals surface area contributed by atoms with E-state index in [1.165, 1.54) is 4.90 Å². The zero-order chi connectivity index (χ0) is 33.2. The van der Waals surface area contributed by atoms with Gasteiger partial charge < -0.3 is 34.0 Å². The molecule has 1 N–H and O–H groups in total. The number of hydrogen-bond acceptors (Lipinski definition) is 7. The minimum Gasteiger partial charge on any atom is -0.497 e. The predicted molar refractivity (Wildman–Crippen MR) is 176 cm³/mol. The Morgan fingerprint density at radius 3 is 2.11 bits per heavy atom. The van der Waals surface area contributed by atoms with Gasteiger partial charge in [0.15, 0.2) is 0 Å². The van der Waals surface area contributed by atoms with E-state index in [4.69, 9.17) is 14.2 Å². The molecule has 0 saturated carbocycles. The summed E-state index contributed by atoms with van der Waals surface area (Å²) in [7, 11) is 1.57. The third kappa shape index (κ3) is 5.37. The van der Waals surface area contributed by atoms with Crippen LogP contribution in [0.1, 0.15) is 33.6 Å². The Morgan fingerprint density at radius 2 is 1.59 bits per heavy atom. The summed E-state index contributed by atoms with van der Waals surface area (Å²) in [5.74, 6) is -1.41. The molecule has 5 rings (SSSR count). The van der Waals surface area contributed by atoms with Crippen molar-refractivity contribution in [2.24, 2.45) is 17.8 Å². The lowest BCUT2D eigenvalue weighted by molar-refractivity contribution is -0.146. The number of fused-ring (bicyclic) bond motifs is 1. The first-order chi connectivity index (χ1) is 22.1. The molecular formula is C36H45N3O7. The highest BCUT2D eigenvalue weighted by Crippen LogP contribution is 2.65. The van der Waals surface area contributed by atoms with Gasteiger partial charge in [0.1, 0.15) is 23.1 Å². The summed E-state index contributed by atoms with van der Waals surface area (Å²) in [6, 6.07) is 13.4. The van der Waals surface area contributed by atoms with Gasteiger partial charge in [-0.3, -0.25) is 14.4 Å². The van der Waals surface area contributed by atoms with Crippen LogP contribution in [0.4, 0.5) is 11.4 Å². The van der Waals surface area contributed by atoms with Crippen molar-refractivity contribution in [3.8, 4) is 11.5 Å². The zero-order valence-corrected chi connectivity index (χ0v) is 27.2. The number of amides is 3. The molecule has 10 heteroatoms. The average molecular weight is 632 g/mol. The molecule has 0 aromatic heterocycles. The number of carbonyl (C=O) groups is 3. The van der Waals surface area contributed by atoms with Gasteiger partial charge in [0.2, 0.25) is 11.8 Å². The van der Waals surface area contributed by atoms with E-state index in [1.807, 2.05) is 45.0 Å². The van der Waals surface area contributed by atoms with Crippen LogP contribution in [0.3, 0.4) is 0 Å². The number of hydrogen-bond donors (Lipinski definition) is 1. The molecule has 246 valence electrons.